The average Bonchev–Trinajstić information content (AvgIpc) is 3.15. The molecule has 2 aromatic rings. The highest BCUT2D eigenvalue weighted by Gasteiger charge is 2.24. The highest BCUT2D eigenvalue weighted by Crippen LogP contribution is 2.21. The topological polar surface area (TPSA) is 80.0 Å². The Morgan fingerprint density at radius 2 is 2.43 bits per heavy atom. The zero-order chi connectivity index (χ0) is 14.7. The van der Waals surface area contributed by atoms with Gasteiger partial charge in [-0.2, -0.15) is 4.98 Å². The van der Waals surface area contributed by atoms with Crippen LogP contribution in [0.25, 0.3) is 0 Å². The monoisotopic (exact) mass is 350 g/mol. The Morgan fingerprint density at radius 3 is 3.19 bits per heavy atom. The Bertz CT molecular complexity index is 637. The third-order valence-corrected chi connectivity index (χ3v) is 3.84. The molecule has 21 heavy (non-hydrogen) atoms. The van der Waals surface area contributed by atoms with Crippen molar-refractivity contribution in [1.82, 2.24) is 20.8 Å². The maximum atomic E-state index is 12.0. The van der Waals surface area contributed by atoms with Crippen LogP contribution in [-0.2, 0) is 6.54 Å². The maximum Gasteiger partial charge on any atom is 0.292 e. The van der Waals surface area contributed by atoms with Gasteiger partial charge in [0.25, 0.3) is 11.7 Å². The van der Waals surface area contributed by atoms with Gasteiger partial charge in [0.2, 0.25) is 5.89 Å². The van der Waals surface area contributed by atoms with Crippen molar-refractivity contribution in [3.63, 3.8) is 0 Å². The third kappa shape index (κ3) is 3.48. The third-order valence-electron chi connectivity index (χ3n) is 3.35. The van der Waals surface area contributed by atoms with Gasteiger partial charge in [0.05, 0.1) is 6.04 Å². The molecule has 0 aliphatic carbocycles. The molecule has 0 saturated carbocycles. The van der Waals surface area contributed by atoms with Crippen LogP contribution in [0.2, 0.25) is 0 Å². The van der Waals surface area contributed by atoms with E-state index < -0.39 is 0 Å². The second kappa shape index (κ2) is 6.36. The molecule has 1 amide bonds. The number of rotatable bonds is 4. The number of hydrogen-bond donors (Lipinski definition) is 2. The van der Waals surface area contributed by atoms with Crippen molar-refractivity contribution in [3.8, 4) is 0 Å². The quantitative estimate of drug-likeness (QED) is 0.883. The van der Waals surface area contributed by atoms with Gasteiger partial charge < -0.3 is 15.2 Å². The fraction of sp³-hybridized carbons (Fsp3) is 0.357. The van der Waals surface area contributed by atoms with Gasteiger partial charge in [-0.1, -0.05) is 33.2 Å². The summed E-state index contributed by atoms with van der Waals surface area (Å²) in [6.45, 7) is 1.36. The van der Waals surface area contributed by atoms with E-state index in [1.807, 2.05) is 24.3 Å². The Hall–Kier alpha value is -1.73. The van der Waals surface area contributed by atoms with Gasteiger partial charge in [-0.3, -0.25) is 4.79 Å². The molecule has 1 aromatic carbocycles. The lowest BCUT2D eigenvalue weighted by Gasteiger charge is -2.03. The van der Waals surface area contributed by atoms with E-state index in [1.165, 1.54) is 0 Å². The van der Waals surface area contributed by atoms with E-state index in [9.17, 15) is 4.79 Å². The lowest BCUT2D eigenvalue weighted by atomic mass is 10.2. The van der Waals surface area contributed by atoms with E-state index in [0.29, 0.717) is 12.4 Å². The first-order valence-corrected chi connectivity index (χ1v) is 7.61. The molecule has 1 aliphatic heterocycles. The van der Waals surface area contributed by atoms with Crippen molar-refractivity contribution in [2.24, 2.45) is 0 Å². The molecule has 110 valence electrons. The molecule has 1 aliphatic rings. The number of nitrogens with one attached hydrogen (secondary N) is 2. The zero-order valence-electron chi connectivity index (χ0n) is 11.3. The molecule has 1 fully saturated rings. The van der Waals surface area contributed by atoms with E-state index in [2.05, 4.69) is 36.7 Å². The van der Waals surface area contributed by atoms with Gasteiger partial charge >= 0.3 is 0 Å². The van der Waals surface area contributed by atoms with E-state index in [4.69, 9.17) is 4.52 Å². The molecule has 3 rings (SSSR count). The summed E-state index contributed by atoms with van der Waals surface area (Å²) in [7, 11) is 0. The minimum atomic E-state index is -0.331. The van der Waals surface area contributed by atoms with Crippen LogP contribution in [0.3, 0.4) is 0 Å². The highest BCUT2D eigenvalue weighted by atomic mass is 79.9. The van der Waals surface area contributed by atoms with Crippen molar-refractivity contribution >= 4 is 21.8 Å². The van der Waals surface area contributed by atoms with E-state index in [0.717, 1.165) is 29.4 Å². The summed E-state index contributed by atoms with van der Waals surface area (Å²) >= 11 is 3.40. The second-order valence-electron chi connectivity index (χ2n) is 4.92. The fourth-order valence-corrected chi connectivity index (χ4v) is 2.72. The molecule has 1 atom stereocenters. The Morgan fingerprint density at radius 1 is 1.52 bits per heavy atom. The number of benzene rings is 1. The zero-order valence-corrected chi connectivity index (χ0v) is 12.9. The Labute approximate surface area is 130 Å². The molecule has 0 radical (unpaired) electrons. The summed E-state index contributed by atoms with van der Waals surface area (Å²) in [6, 6.07) is 7.82. The van der Waals surface area contributed by atoms with Gasteiger partial charge in [-0.15, -0.1) is 0 Å². The first-order chi connectivity index (χ1) is 10.2. The van der Waals surface area contributed by atoms with Gasteiger partial charge in [-0.25, -0.2) is 0 Å². The Balaban J connectivity index is 1.60. The molecule has 0 spiro atoms. The lowest BCUT2D eigenvalue weighted by Crippen LogP contribution is -2.24. The number of amides is 1. The summed E-state index contributed by atoms with van der Waals surface area (Å²) in [5, 5.41) is 9.78. The minimum absolute atomic E-state index is 0.0733. The molecule has 2 heterocycles. The van der Waals surface area contributed by atoms with Gasteiger partial charge in [0.15, 0.2) is 0 Å². The summed E-state index contributed by atoms with van der Waals surface area (Å²) < 4.78 is 6.12. The largest absolute Gasteiger partial charge is 0.345 e. The predicted molar refractivity (Wildman–Crippen MR) is 79.6 cm³/mol. The van der Waals surface area contributed by atoms with Crippen LogP contribution < -0.4 is 10.6 Å². The SMILES string of the molecule is O=C(NCc1cccc(Br)c1)c1noc(C2CCCN2)n1. The van der Waals surface area contributed by atoms with Crippen LogP contribution in [0.5, 0.6) is 0 Å². The molecule has 0 bridgehead atoms. The molecular formula is C14H15BrN4O2. The first-order valence-electron chi connectivity index (χ1n) is 6.82. The van der Waals surface area contributed by atoms with Crippen molar-refractivity contribution in [1.29, 1.82) is 0 Å². The number of halogens is 1. The predicted octanol–water partition coefficient (Wildman–Crippen LogP) is 2.19. The van der Waals surface area contributed by atoms with E-state index >= 15 is 0 Å². The average molecular weight is 351 g/mol. The van der Waals surface area contributed by atoms with Crippen LogP contribution in [0, 0.1) is 0 Å². The minimum Gasteiger partial charge on any atom is -0.345 e. The molecular weight excluding hydrogens is 336 g/mol. The van der Waals surface area contributed by atoms with Crippen molar-refractivity contribution in [2.45, 2.75) is 25.4 Å². The molecule has 6 nitrogen and oxygen atoms in total. The normalized spacial score (nSPS) is 17.9. The molecule has 1 aromatic heterocycles. The van der Waals surface area contributed by atoms with Crippen molar-refractivity contribution in [3.05, 3.63) is 46.0 Å². The lowest BCUT2D eigenvalue weighted by molar-refractivity contribution is 0.0937. The highest BCUT2D eigenvalue weighted by molar-refractivity contribution is 9.10. The van der Waals surface area contributed by atoms with Crippen LogP contribution in [0.1, 0.15) is 41.0 Å². The number of nitrogens with zero attached hydrogens (tertiary/aromatic N) is 2. The van der Waals surface area contributed by atoms with Crippen LogP contribution in [0.4, 0.5) is 0 Å². The smallest absolute Gasteiger partial charge is 0.292 e. The Kier molecular flexibility index (Phi) is 4.31. The number of hydrogen-bond acceptors (Lipinski definition) is 5. The van der Waals surface area contributed by atoms with Gasteiger partial charge in [0, 0.05) is 11.0 Å². The number of carbonyl (C=O) groups excluding carboxylic acids is 1. The summed E-state index contributed by atoms with van der Waals surface area (Å²) in [5.41, 5.74) is 0.999. The number of aromatic nitrogens is 2. The second-order valence-corrected chi connectivity index (χ2v) is 5.83. The molecule has 1 unspecified atom stereocenters. The van der Waals surface area contributed by atoms with Crippen molar-refractivity contribution < 1.29 is 9.32 Å². The molecule has 1 saturated heterocycles. The number of carbonyl (C=O) groups is 1. The van der Waals surface area contributed by atoms with Crippen LogP contribution in [0.15, 0.2) is 33.3 Å². The van der Waals surface area contributed by atoms with Gasteiger partial charge in [-0.05, 0) is 37.1 Å². The maximum absolute atomic E-state index is 12.0. The van der Waals surface area contributed by atoms with Crippen LogP contribution in [-0.4, -0.2) is 22.6 Å². The molecule has 2 N–H and O–H groups in total. The van der Waals surface area contributed by atoms with E-state index in [-0.39, 0.29) is 17.8 Å². The molecule has 7 heteroatoms. The summed E-state index contributed by atoms with van der Waals surface area (Å²) in [4.78, 5) is 16.2. The first kappa shape index (κ1) is 14.2. The van der Waals surface area contributed by atoms with E-state index in [1.54, 1.807) is 0 Å². The van der Waals surface area contributed by atoms with Gasteiger partial charge in [0.1, 0.15) is 0 Å². The summed E-state index contributed by atoms with van der Waals surface area (Å²) in [5.74, 6) is 0.233. The fourth-order valence-electron chi connectivity index (χ4n) is 2.27. The van der Waals surface area contributed by atoms with Crippen LogP contribution >= 0.6 is 15.9 Å². The standard InChI is InChI=1S/C14H15BrN4O2/c15-10-4-1-3-9(7-10)8-17-13(20)12-18-14(21-19-12)11-5-2-6-16-11/h1,3-4,7,11,16H,2,5-6,8H2,(H,17,20). The summed E-state index contributed by atoms with van der Waals surface area (Å²) in [6.07, 6.45) is 2.04. The van der Waals surface area contributed by atoms with Crippen molar-refractivity contribution in [2.75, 3.05) is 6.54 Å².